The van der Waals surface area contributed by atoms with Gasteiger partial charge in [0.2, 0.25) is 0 Å². The fourth-order valence-electron chi connectivity index (χ4n) is 4.38. The summed E-state index contributed by atoms with van der Waals surface area (Å²) in [7, 11) is 0. The molecule has 0 aliphatic carbocycles. The zero-order valence-electron chi connectivity index (χ0n) is 24.0. The van der Waals surface area contributed by atoms with Gasteiger partial charge in [-0.2, -0.15) is 0 Å². The van der Waals surface area contributed by atoms with Gasteiger partial charge in [0.25, 0.3) is 5.91 Å². The second-order valence-corrected chi connectivity index (χ2v) is 12.8. The number of amides is 3. The van der Waals surface area contributed by atoms with Crippen molar-refractivity contribution in [2.24, 2.45) is 0 Å². The largest absolute Gasteiger partial charge is 0.444 e. The number of anilines is 3. The number of rotatable bonds is 5. The van der Waals surface area contributed by atoms with E-state index in [0.717, 1.165) is 30.4 Å². The molecule has 11 nitrogen and oxygen atoms in total. The quantitative estimate of drug-likeness (QED) is 0.335. The Balaban J connectivity index is 1.57. The number of nitrogens with zero attached hydrogens (tertiary/aromatic N) is 3. The Morgan fingerprint density at radius 1 is 1.05 bits per heavy atom. The van der Waals surface area contributed by atoms with Crippen molar-refractivity contribution in [3.63, 3.8) is 0 Å². The zero-order chi connectivity index (χ0) is 29.9. The molecule has 13 heteroatoms. The molecule has 1 saturated heterocycles. The predicted octanol–water partition coefficient (Wildman–Crippen LogP) is 5.92. The first-order valence-corrected chi connectivity index (χ1v) is 14.1. The molecule has 0 aromatic carbocycles. The Bertz CT molecular complexity index is 1450. The first kappa shape index (κ1) is 30.0. The number of nitrogens with one attached hydrogen (secondary N) is 3. The van der Waals surface area contributed by atoms with Gasteiger partial charge < -0.3 is 25.0 Å². The van der Waals surface area contributed by atoms with Crippen molar-refractivity contribution in [1.29, 1.82) is 0 Å². The van der Waals surface area contributed by atoms with Crippen molar-refractivity contribution in [1.82, 2.24) is 15.3 Å². The Labute approximate surface area is 241 Å². The van der Waals surface area contributed by atoms with Gasteiger partial charge in [-0.3, -0.25) is 20.1 Å². The number of pyridine rings is 2. The Morgan fingerprint density at radius 3 is 2.46 bits per heavy atom. The van der Waals surface area contributed by atoms with E-state index in [1.165, 1.54) is 12.3 Å². The average Bonchev–Trinajstić information content (AvgIpc) is 3.18. The molecular formula is C28H35FN6O5S. The van der Waals surface area contributed by atoms with Crippen molar-refractivity contribution < 1.29 is 28.2 Å². The lowest BCUT2D eigenvalue weighted by Crippen LogP contribution is -2.49. The van der Waals surface area contributed by atoms with Crippen LogP contribution in [-0.2, 0) is 9.47 Å². The Hall–Kier alpha value is -4.00. The molecule has 3 amide bonds. The number of hydrogen-bond acceptors (Lipinski definition) is 9. The Morgan fingerprint density at radius 2 is 1.76 bits per heavy atom. The molecule has 0 spiro atoms. The van der Waals surface area contributed by atoms with Crippen molar-refractivity contribution in [3.05, 3.63) is 42.1 Å². The fraction of sp³-hybridized carbons (Fsp3) is 0.464. The van der Waals surface area contributed by atoms with Gasteiger partial charge in [0.05, 0.1) is 34.0 Å². The van der Waals surface area contributed by atoms with Crippen LogP contribution in [0, 0.1) is 5.82 Å². The fourth-order valence-corrected chi connectivity index (χ4v) is 5.45. The van der Waals surface area contributed by atoms with Gasteiger partial charge in [0, 0.05) is 25.3 Å². The number of ether oxygens (including phenoxy) is 2. The minimum atomic E-state index is -0.761. The van der Waals surface area contributed by atoms with E-state index in [0.29, 0.717) is 29.2 Å². The van der Waals surface area contributed by atoms with Crippen LogP contribution in [0.5, 0.6) is 0 Å². The first-order valence-electron chi connectivity index (χ1n) is 13.3. The van der Waals surface area contributed by atoms with E-state index in [2.05, 4.69) is 30.8 Å². The van der Waals surface area contributed by atoms with E-state index in [1.54, 1.807) is 33.0 Å². The third kappa shape index (κ3) is 8.03. The third-order valence-electron chi connectivity index (χ3n) is 5.87. The highest BCUT2D eigenvalue weighted by molar-refractivity contribution is 7.23. The summed E-state index contributed by atoms with van der Waals surface area (Å²) in [4.78, 5) is 48.9. The molecule has 3 aromatic heterocycles. The van der Waals surface area contributed by atoms with E-state index in [9.17, 15) is 18.8 Å². The highest BCUT2D eigenvalue weighted by Gasteiger charge is 2.28. The highest BCUT2D eigenvalue weighted by atomic mass is 32.1. The molecule has 1 aliphatic heterocycles. The predicted molar refractivity (Wildman–Crippen MR) is 156 cm³/mol. The van der Waals surface area contributed by atoms with Gasteiger partial charge in [-0.15, -0.1) is 11.3 Å². The lowest BCUT2D eigenvalue weighted by Gasteiger charge is -2.35. The van der Waals surface area contributed by atoms with Crippen LogP contribution >= 0.6 is 11.3 Å². The van der Waals surface area contributed by atoms with Gasteiger partial charge in [-0.1, -0.05) is 0 Å². The molecule has 0 radical (unpaired) electrons. The molecule has 220 valence electrons. The van der Waals surface area contributed by atoms with Gasteiger partial charge in [-0.05, 0) is 66.5 Å². The first-order chi connectivity index (χ1) is 19.2. The SMILES string of the molecule is CC(C)(C)OC(=O)Nc1sc2cc(F)cnc2c1C(=O)Nc1cnccc1N1CCC[C@H](NC(=O)OC(C)(C)C)C1. The summed E-state index contributed by atoms with van der Waals surface area (Å²) in [6.45, 7) is 11.8. The van der Waals surface area contributed by atoms with Crippen LogP contribution in [-0.4, -0.2) is 58.4 Å². The molecule has 1 fully saturated rings. The molecule has 41 heavy (non-hydrogen) atoms. The van der Waals surface area contributed by atoms with E-state index < -0.39 is 35.1 Å². The van der Waals surface area contributed by atoms with Crippen LogP contribution < -0.4 is 20.9 Å². The summed E-state index contributed by atoms with van der Waals surface area (Å²) in [5.41, 5.74) is 0.0936. The number of thiophene rings is 1. The maximum atomic E-state index is 13.9. The molecule has 3 aromatic rings. The molecular weight excluding hydrogens is 551 g/mol. The summed E-state index contributed by atoms with van der Waals surface area (Å²) in [5.74, 6) is -1.13. The lowest BCUT2D eigenvalue weighted by atomic mass is 10.0. The van der Waals surface area contributed by atoms with Crippen LogP contribution in [0.4, 0.5) is 30.4 Å². The highest BCUT2D eigenvalue weighted by Crippen LogP contribution is 2.37. The normalized spacial score (nSPS) is 15.8. The molecule has 4 rings (SSSR count). The molecule has 0 unspecified atom stereocenters. The summed E-state index contributed by atoms with van der Waals surface area (Å²) < 4.78 is 25.1. The third-order valence-corrected chi connectivity index (χ3v) is 6.91. The standard InChI is InChI=1S/C28H35FN6O5S/c1-27(2,3)39-25(37)32-17-8-7-11-35(15-17)19-9-10-30-14-18(19)33-23(36)21-22-20(12-16(29)13-31-22)41-24(21)34-26(38)40-28(4,5)6/h9-10,12-14,17H,7-8,11,15H2,1-6H3,(H,32,37)(H,33,36)(H,34,38)/t17-/m0/s1. The monoisotopic (exact) mass is 586 g/mol. The molecule has 0 saturated carbocycles. The van der Waals surface area contributed by atoms with Crippen molar-refractivity contribution in [3.8, 4) is 0 Å². The van der Waals surface area contributed by atoms with E-state index in [1.807, 2.05) is 20.8 Å². The maximum Gasteiger partial charge on any atom is 0.412 e. The van der Waals surface area contributed by atoms with Crippen molar-refractivity contribution in [2.45, 2.75) is 71.6 Å². The van der Waals surface area contributed by atoms with Gasteiger partial charge >= 0.3 is 12.2 Å². The number of fused-ring (bicyclic) bond motifs is 1. The summed E-state index contributed by atoms with van der Waals surface area (Å²) in [6, 6.07) is 2.88. The Kier molecular flexibility index (Phi) is 8.66. The zero-order valence-corrected chi connectivity index (χ0v) is 24.8. The minimum Gasteiger partial charge on any atom is -0.444 e. The van der Waals surface area contributed by atoms with Crippen LogP contribution in [0.25, 0.3) is 10.2 Å². The maximum absolute atomic E-state index is 13.9. The number of piperidine rings is 1. The van der Waals surface area contributed by atoms with Gasteiger partial charge in [0.1, 0.15) is 27.6 Å². The van der Waals surface area contributed by atoms with Crippen molar-refractivity contribution >= 4 is 56.0 Å². The van der Waals surface area contributed by atoms with Crippen LogP contribution in [0.2, 0.25) is 0 Å². The number of aromatic nitrogens is 2. The number of carbonyl (C=O) groups is 3. The van der Waals surface area contributed by atoms with Crippen molar-refractivity contribution in [2.75, 3.05) is 28.6 Å². The van der Waals surface area contributed by atoms with Crippen LogP contribution in [0.1, 0.15) is 64.7 Å². The molecule has 3 N–H and O–H groups in total. The number of alkyl carbamates (subject to hydrolysis) is 1. The van der Waals surface area contributed by atoms with Gasteiger partial charge in [0.15, 0.2) is 0 Å². The summed E-state index contributed by atoms with van der Waals surface area (Å²) in [6.07, 6.45) is 4.53. The van der Waals surface area contributed by atoms with E-state index in [4.69, 9.17) is 9.47 Å². The number of halogens is 1. The summed E-state index contributed by atoms with van der Waals surface area (Å²) in [5, 5.41) is 8.61. The smallest absolute Gasteiger partial charge is 0.412 e. The molecule has 1 aliphatic rings. The van der Waals surface area contributed by atoms with Crippen LogP contribution in [0.15, 0.2) is 30.7 Å². The van der Waals surface area contributed by atoms with E-state index >= 15 is 0 Å². The lowest BCUT2D eigenvalue weighted by molar-refractivity contribution is 0.0499. The summed E-state index contributed by atoms with van der Waals surface area (Å²) >= 11 is 1.02. The molecule has 0 bridgehead atoms. The average molecular weight is 587 g/mol. The molecule has 1 atom stereocenters. The number of carbonyl (C=O) groups excluding carboxylic acids is 3. The number of hydrogen-bond donors (Lipinski definition) is 3. The second kappa shape index (κ2) is 11.9. The second-order valence-electron chi connectivity index (χ2n) is 11.7. The molecule has 4 heterocycles. The van der Waals surface area contributed by atoms with Gasteiger partial charge in [-0.25, -0.2) is 14.0 Å². The topological polar surface area (TPSA) is 135 Å². The minimum absolute atomic E-state index is 0.0776. The van der Waals surface area contributed by atoms with E-state index in [-0.39, 0.29) is 22.1 Å². The van der Waals surface area contributed by atoms with Crippen LogP contribution in [0.3, 0.4) is 0 Å².